The SMILES string of the molecule is c1ccc(-c2cc(-n3c4ccccc4c4ccc(-c5ccccc5)cc43)cc(-n3c4ccccc4c4ccc5c(-c6ccccc6)cn(-c6ccccc6)c5c43)c2)cc1. The number of rotatable bonds is 6. The van der Waals surface area contributed by atoms with Gasteiger partial charge in [-0.15, -0.1) is 0 Å². The zero-order valence-electron chi connectivity index (χ0n) is 32.2. The Bertz CT molecular complexity index is 3520. The third-order valence-corrected chi connectivity index (χ3v) is 12.0. The molecule has 0 radical (unpaired) electrons. The summed E-state index contributed by atoms with van der Waals surface area (Å²) < 4.78 is 7.38. The molecule has 12 aromatic rings. The molecule has 0 amide bonds. The molecule has 0 bridgehead atoms. The number of benzene rings is 9. The van der Waals surface area contributed by atoms with Crippen molar-refractivity contribution in [2.24, 2.45) is 0 Å². The third-order valence-electron chi connectivity index (χ3n) is 12.0. The summed E-state index contributed by atoms with van der Waals surface area (Å²) in [4.78, 5) is 0. The number of hydrogen-bond acceptors (Lipinski definition) is 0. The quantitative estimate of drug-likeness (QED) is 0.161. The van der Waals surface area contributed by atoms with E-state index in [1.165, 1.54) is 82.3 Å². The molecule has 0 aliphatic carbocycles. The lowest BCUT2D eigenvalue weighted by atomic mass is 10.0. The Labute approximate surface area is 341 Å². The lowest BCUT2D eigenvalue weighted by Gasteiger charge is -2.17. The Kier molecular flexibility index (Phi) is 7.54. The van der Waals surface area contributed by atoms with Crippen LogP contribution in [-0.4, -0.2) is 13.7 Å². The molecule has 0 aliphatic heterocycles. The van der Waals surface area contributed by atoms with Crippen molar-refractivity contribution in [1.82, 2.24) is 13.7 Å². The summed E-state index contributed by atoms with van der Waals surface area (Å²) in [5.41, 5.74) is 16.4. The van der Waals surface area contributed by atoms with Crippen molar-refractivity contribution in [2.45, 2.75) is 0 Å². The van der Waals surface area contributed by atoms with Crippen LogP contribution in [0.3, 0.4) is 0 Å². The highest BCUT2D eigenvalue weighted by molar-refractivity contribution is 6.20. The molecule has 3 aromatic heterocycles. The molecule has 12 rings (SSSR count). The van der Waals surface area contributed by atoms with E-state index in [0.29, 0.717) is 0 Å². The molecular formula is C56H37N3. The largest absolute Gasteiger partial charge is 0.314 e. The molecule has 0 fully saturated rings. The topological polar surface area (TPSA) is 14.8 Å². The molecule has 0 atom stereocenters. The summed E-state index contributed by atoms with van der Waals surface area (Å²) in [5.74, 6) is 0. The van der Waals surface area contributed by atoms with Crippen molar-refractivity contribution in [3.8, 4) is 50.4 Å². The van der Waals surface area contributed by atoms with Gasteiger partial charge in [0.05, 0.1) is 27.6 Å². The first-order chi connectivity index (χ1) is 29.3. The average Bonchev–Trinajstić information content (AvgIpc) is 3.98. The van der Waals surface area contributed by atoms with Crippen LogP contribution in [0.25, 0.3) is 105 Å². The van der Waals surface area contributed by atoms with Gasteiger partial charge in [-0.25, -0.2) is 0 Å². The molecule has 0 aliphatic rings. The van der Waals surface area contributed by atoms with Gasteiger partial charge >= 0.3 is 0 Å². The van der Waals surface area contributed by atoms with Crippen molar-refractivity contribution < 1.29 is 0 Å². The van der Waals surface area contributed by atoms with E-state index in [1.807, 2.05) is 0 Å². The Morgan fingerprint density at radius 3 is 1.42 bits per heavy atom. The van der Waals surface area contributed by atoms with Gasteiger partial charge in [0, 0.05) is 55.8 Å². The van der Waals surface area contributed by atoms with Crippen LogP contribution in [0.2, 0.25) is 0 Å². The first kappa shape index (κ1) is 33.3. The Hall–Kier alpha value is -7.88. The second kappa shape index (κ2) is 13.4. The van der Waals surface area contributed by atoms with Crippen LogP contribution >= 0.6 is 0 Å². The predicted octanol–water partition coefficient (Wildman–Crippen LogP) is 14.8. The van der Waals surface area contributed by atoms with Crippen LogP contribution in [0.1, 0.15) is 0 Å². The van der Waals surface area contributed by atoms with Crippen molar-refractivity contribution in [2.75, 3.05) is 0 Å². The van der Waals surface area contributed by atoms with E-state index in [4.69, 9.17) is 0 Å². The maximum absolute atomic E-state index is 2.51. The Balaban J connectivity index is 1.22. The van der Waals surface area contributed by atoms with Crippen LogP contribution in [0.4, 0.5) is 0 Å². The summed E-state index contributed by atoms with van der Waals surface area (Å²) in [7, 11) is 0. The highest BCUT2D eigenvalue weighted by Gasteiger charge is 2.22. The zero-order valence-corrected chi connectivity index (χ0v) is 32.2. The molecule has 0 N–H and O–H groups in total. The molecule has 3 heteroatoms. The first-order valence-electron chi connectivity index (χ1n) is 20.3. The van der Waals surface area contributed by atoms with Gasteiger partial charge < -0.3 is 13.7 Å². The maximum Gasteiger partial charge on any atom is 0.0788 e. The standard InChI is InChI=1S/C56H37N3/c1-5-17-38(18-6-1)41-29-30-48-46-25-13-15-27-52(46)58(54(48)35-41)44-33-42(39-19-7-2-8-20-39)34-45(36-44)59-53-28-16-14-26-47(53)49-31-32-50-51(40-21-9-3-10-22-40)37-57(55(50)56(49)59)43-23-11-4-12-24-43/h1-37H. The molecule has 59 heavy (non-hydrogen) atoms. The minimum absolute atomic E-state index is 1.10. The van der Waals surface area contributed by atoms with E-state index in [9.17, 15) is 0 Å². The monoisotopic (exact) mass is 751 g/mol. The second-order valence-electron chi connectivity index (χ2n) is 15.4. The number of nitrogens with zero attached hydrogens (tertiary/aromatic N) is 3. The summed E-state index contributed by atoms with van der Waals surface area (Å²) >= 11 is 0. The van der Waals surface area contributed by atoms with E-state index in [0.717, 1.165) is 22.6 Å². The summed E-state index contributed by atoms with van der Waals surface area (Å²) in [6.07, 6.45) is 2.32. The smallest absolute Gasteiger partial charge is 0.0788 e. The minimum atomic E-state index is 1.10. The van der Waals surface area contributed by atoms with Crippen LogP contribution in [0.5, 0.6) is 0 Å². The van der Waals surface area contributed by atoms with Crippen LogP contribution < -0.4 is 0 Å². The fourth-order valence-electron chi connectivity index (χ4n) is 9.38. The Morgan fingerprint density at radius 1 is 0.254 bits per heavy atom. The lowest BCUT2D eigenvalue weighted by Crippen LogP contribution is -2.01. The summed E-state index contributed by atoms with van der Waals surface area (Å²) in [5, 5.41) is 6.13. The first-order valence-corrected chi connectivity index (χ1v) is 20.3. The molecule has 0 unspecified atom stereocenters. The van der Waals surface area contributed by atoms with Crippen LogP contribution in [-0.2, 0) is 0 Å². The molecule has 0 spiro atoms. The maximum atomic E-state index is 2.51. The predicted molar refractivity (Wildman–Crippen MR) is 248 cm³/mol. The number of fused-ring (bicyclic) bond motifs is 8. The fourth-order valence-corrected chi connectivity index (χ4v) is 9.38. The number of hydrogen-bond donors (Lipinski definition) is 0. The summed E-state index contributed by atoms with van der Waals surface area (Å²) in [6.45, 7) is 0. The van der Waals surface area contributed by atoms with Crippen molar-refractivity contribution >= 4 is 54.5 Å². The van der Waals surface area contributed by atoms with Crippen molar-refractivity contribution in [3.05, 3.63) is 225 Å². The molecule has 0 saturated carbocycles. The van der Waals surface area contributed by atoms with Gasteiger partial charge in [0.25, 0.3) is 0 Å². The normalized spacial score (nSPS) is 11.7. The van der Waals surface area contributed by atoms with Gasteiger partial charge in [0.2, 0.25) is 0 Å². The van der Waals surface area contributed by atoms with Crippen molar-refractivity contribution in [3.63, 3.8) is 0 Å². The number of aromatic nitrogens is 3. The average molecular weight is 752 g/mol. The second-order valence-corrected chi connectivity index (χ2v) is 15.4. The van der Waals surface area contributed by atoms with E-state index < -0.39 is 0 Å². The third kappa shape index (κ3) is 5.29. The van der Waals surface area contributed by atoms with Gasteiger partial charge in [-0.1, -0.05) is 170 Å². The van der Waals surface area contributed by atoms with Gasteiger partial charge in [-0.05, 0) is 76.3 Å². The Morgan fingerprint density at radius 2 is 0.746 bits per heavy atom. The van der Waals surface area contributed by atoms with Crippen LogP contribution in [0, 0.1) is 0 Å². The van der Waals surface area contributed by atoms with E-state index in [2.05, 4.69) is 238 Å². The molecule has 3 nitrogen and oxygen atoms in total. The fraction of sp³-hybridized carbons (Fsp3) is 0. The van der Waals surface area contributed by atoms with E-state index in [1.54, 1.807) is 0 Å². The van der Waals surface area contributed by atoms with Gasteiger partial charge in [0.1, 0.15) is 0 Å². The molecule has 0 saturated heterocycles. The van der Waals surface area contributed by atoms with Gasteiger partial charge in [-0.3, -0.25) is 0 Å². The molecule has 3 heterocycles. The minimum Gasteiger partial charge on any atom is -0.314 e. The lowest BCUT2D eigenvalue weighted by molar-refractivity contribution is 1.11. The molecule has 276 valence electrons. The van der Waals surface area contributed by atoms with Crippen molar-refractivity contribution in [1.29, 1.82) is 0 Å². The zero-order chi connectivity index (χ0) is 38.9. The summed E-state index contributed by atoms with van der Waals surface area (Å²) in [6, 6.07) is 79.5. The van der Waals surface area contributed by atoms with E-state index in [-0.39, 0.29) is 0 Å². The molecule has 9 aromatic carbocycles. The van der Waals surface area contributed by atoms with E-state index >= 15 is 0 Å². The highest BCUT2D eigenvalue weighted by Crippen LogP contribution is 2.43. The highest BCUT2D eigenvalue weighted by atomic mass is 15.0. The van der Waals surface area contributed by atoms with Gasteiger partial charge in [0.15, 0.2) is 0 Å². The number of para-hydroxylation sites is 3. The van der Waals surface area contributed by atoms with Gasteiger partial charge in [-0.2, -0.15) is 0 Å². The molecular weight excluding hydrogens is 715 g/mol. The van der Waals surface area contributed by atoms with Crippen LogP contribution in [0.15, 0.2) is 225 Å².